The standard InChI is InChI=1S/C14H19NO4/c1-3-10(14(17)18)9-15-13(16)12(19-2)11-7-5-4-6-8-11/h4-8,10,12H,3,9H2,1-2H3,(H,15,16)(H,17,18). The summed E-state index contributed by atoms with van der Waals surface area (Å²) in [5, 5.41) is 11.5. The zero-order valence-electron chi connectivity index (χ0n) is 11.1. The Labute approximate surface area is 112 Å². The van der Waals surface area contributed by atoms with E-state index in [1.165, 1.54) is 7.11 Å². The minimum absolute atomic E-state index is 0.108. The van der Waals surface area contributed by atoms with E-state index in [1.54, 1.807) is 19.1 Å². The second kappa shape index (κ2) is 7.53. The number of carboxylic acids is 1. The van der Waals surface area contributed by atoms with Crippen molar-refractivity contribution in [1.29, 1.82) is 0 Å². The zero-order chi connectivity index (χ0) is 14.3. The van der Waals surface area contributed by atoms with Crippen molar-refractivity contribution in [3.8, 4) is 0 Å². The second-order valence-corrected chi connectivity index (χ2v) is 4.21. The Morgan fingerprint density at radius 1 is 1.32 bits per heavy atom. The first-order valence-corrected chi connectivity index (χ1v) is 6.18. The average Bonchev–Trinajstić information content (AvgIpc) is 2.41. The molecule has 0 saturated heterocycles. The molecule has 5 heteroatoms. The molecule has 1 aromatic rings. The molecule has 5 nitrogen and oxygen atoms in total. The lowest BCUT2D eigenvalue weighted by molar-refractivity contribution is -0.142. The van der Waals surface area contributed by atoms with Gasteiger partial charge >= 0.3 is 5.97 Å². The number of amides is 1. The number of aliphatic carboxylic acids is 1. The van der Waals surface area contributed by atoms with Crippen LogP contribution in [-0.2, 0) is 14.3 Å². The number of ether oxygens (including phenoxy) is 1. The van der Waals surface area contributed by atoms with Crippen LogP contribution in [0.25, 0.3) is 0 Å². The molecule has 1 rings (SSSR count). The Kier molecular flexibility index (Phi) is 6.02. The quantitative estimate of drug-likeness (QED) is 0.785. The average molecular weight is 265 g/mol. The van der Waals surface area contributed by atoms with Crippen molar-refractivity contribution in [1.82, 2.24) is 5.32 Å². The highest BCUT2D eigenvalue weighted by molar-refractivity contribution is 5.82. The first kappa shape index (κ1) is 15.2. The van der Waals surface area contributed by atoms with E-state index in [9.17, 15) is 9.59 Å². The van der Waals surface area contributed by atoms with Crippen molar-refractivity contribution in [2.24, 2.45) is 5.92 Å². The lowest BCUT2D eigenvalue weighted by Crippen LogP contribution is -2.36. The summed E-state index contributed by atoms with van der Waals surface area (Å²) in [6, 6.07) is 9.08. The van der Waals surface area contributed by atoms with Gasteiger partial charge in [-0.3, -0.25) is 9.59 Å². The van der Waals surface area contributed by atoms with E-state index in [0.717, 1.165) is 5.56 Å². The first-order valence-electron chi connectivity index (χ1n) is 6.18. The lowest BCUT2D eigenvalue weighted by Gasteiger charge is -2.17. The van der Waals surface area contributed by atoms with Crippen molar-refractivity contribution in [3.05, 3.63) is 35.9 Å². The van der Waals surface area contributed by atoms with Crippen LogP contribution in [0.4, 0.5) is 0 Å². The van der Waals surface area contributed by atoms with Crippen LogP contribution in [0.5, 0.6) is 0 Å². The molecule has 0 aliphatic heterocycles. The molecular formula is C14H19NO4. The number of methoxy groups -OCH3 is 1. The Bertz CT molecular complexity index is 419. The van der Waals surface area contributed by atoms with Crippen LogP contribution in [-0.4, -0.2) is 30.6 Å². The summed E-state index contributed by atoms with van der Waals surface area (Å²) in [6.45, 7) is 1.88. The maximum absolute atomic E-state index is 12.0. The molecule has 2 unspecified atom stereocenters. The number of carbonyl (C=O) groups excluding carboxylic acids is 1. The van der Waals surface area contributed by atoms with E-state index in [2.05, 4.69) is 5.32 Å². The molecule has 19 heavy (non-hydrogen) atoms. The molecule has 0 radical (unpaired) electrons. The van der Waals surface area contributed by atoms with Gasteiger partial charge in [-0.1, -0.05) is 37.3 Å². The normalized spacial score (nSPS) is 13.6. The molecule has 0 bridgehead atoms. The number of hydrogen-bond donors (Lipinski definition) is 2. The van der Waals surface area contributed by atoms with E-state index < -0.39 is 18.0 Å². The fraction of sp³-hybridized carbons (Fsp3) is 0.429. The largest absolute Gasteiger partial charge is 0.481 e. The molecule has 2 atom stereocenters. The Balaban J connectivity index is 2.63. The molecule has 104 valence electrons. The summed E-state index contributed by atoms with van der Waals surface area (Å²) in [5.41, 5.74) is 0.742. The van der Waals surface area contributed by atoms with Crippen molar-refractivity contribution in [2.75, 3.05) is 13.7 Å². The molecular weight excluding hydrogens is 246 g/mol. The van der Waals surface area contributed by atoms with Gasteiger partial charge < -0.3 is 15.2 Å². The second-order valence-electron chi connectivity index (χ2n) is 4.21. The predicted molar refractivity (Wildman–Crippen MR) is 70.6 cm³/mol. The molecule has 0 aliphatic rings. The van der Waals surface area contributed by atoms with Crippen LogP contribution >= 0.6 is 0 Å². The third kappa shape index (κ3) is 4.37. The summed E-state index contributed by atoms with van der Waals surface area (Å²) in [4.78, 5) is 22.9. The van der Waals surface area contributed by atoms with Gasteiger partial charge in [0.1, 0.15) is 0 Å². The monoisotopic (exact) mass is 265 g/mol. The zero-order valence-corrected chi connectivity index (χ0v) is 11.1. The van der Waals surface area contributed by atoms with E-state index in [-0.39, 0.29) is 12.5 Å². The SMILES string of the molecule is CCC(CNC(=O)C(OC)c1ccccc1)C(=O)O. The summed E-state index contributed by atoms with van der Waals surface area (Å²) >= 11 is 0. The van der Waals surface area contributed by atoms with Crippen LogP contribution in [0, 0.1) is 5.92 Å². The van der Waals surface area contributed by atoms with Crippen molar-refractivity contribution in [2.45, 2.75) is 19.4 Å². The van der Waals surface area contributed by atoms with Gasteiger partial charge in [-0.2, -0.15) is 0 Å². The maximum Gasteiger partial charge on any atom is 0.308 e. The van der Waals surface area contributed by atoms with Crippen LogP contribution in [0.1, 0.15) is 25.0 Å². The van der Waals surface area contributed by atoms with Crippen molar-refractivity contribution < 1.29 is 19.4 Å². The minimum Gasteiger partial charge on any atom is -0.481 e. The van der Waals surface area contributed by atoms with Gasteiger partial charge in [0.25, 0.3) is 5.91 Å². The number of hydrogen-bond acceptors (Lipinski definition) is 3. The van der Waals surface area contributed by atoms with E-state index in [4.69, 9.17) is 9.84 Å². The predicted octanol–water partition coefficient (Wildman–Crippen LogP) is 1.60. The van der Waals surface area contributed by atoms with Crippen LogP contribution in [0.15, 0.2) is 30.3 Å². The Morgan fingerprint density at radius 2 is 1.95 bits per heavy atom. The van der Waals surface area contributed by atoms with Crippen LogP contribution < -0.4 is 5.32 Å². The van der Waals surface area contributed by atoms with Gasteiger partial charge in [-0.15, -0.1) is 0 Å². The molecule has 2 N–H and O–H groups in total. The molecule has 0 aromatic heterocycles. The smallest absolute Gasteiger partial charge is 0.308 e. The van der Waals surface area contributed by atoms with Gasteiger partial charge in [0.15, 0.2) is 6.10 Å². The van der Waals surface area contributed by atoms with Crippen molar-refractivity contribution >= 4 is 11.9 Å². The molecule has 0 fully saturated rings. The highest BCUT2D eigenvalue weighted by atomic mass is 16.5. The van der Waals surface area contributed by atoms with E-state index in [1.807, 2.05) is 18.2 Å². The highest BCUT2D eigenvalue weighted by Crippen LogP contribution is 2.16. The number of benzene rings is 1. The Morgan fingerprint density at radius 3 is 2.42 bits per heavy atom. The van der Waals surface area contributed by atoms with Crippen LogP contribution in [0.2, 0.25) is 0 Å². The van der Waals surface area contributed by atoms with Crippen LogP contribution in [0.3, 0.4) is 0 Å². The van der Waals surface area contributed by atoms with Crippen molar-refractivity contribution in [3.63, 3.8) is 0 Å². The summed E-state index contributed by atoms with van der Waals surface area (Å²) in [6.07, 6.45) is -0.244. The first-order chi connectivity index (χ1) is 9.10. The summed E-state index contributed by atoms with van der Waals surface area (Å²) < 4.78 is 5.17. The molecule has 0 saturated carbocycles. The fourth-order valence-corrected chi connectivity index (χ4v) is 1.75. The molecule has 0 spiro atoms. The lowest BCUT2D eigenvalue weighted by atomic mass is 10.1. The number of carboxylic acid groups (broad SMARTS) is 1. The minimum atomic E-state index is -0.906. The number of nitrogens with one attached hydrogen (secondary N) is 1. The van der Waals surface area contributed by atoms with Gasteiger partial charge in [0, 0.05) is 13.7 Å². The third-order valence-corrected chi connectivity index (χ3v) is 2.94. The topological polar surface area (TPSA) is 75.6 Å². The summed E-state index contributed by atoms with van der Waals surface area (Å²) in [7, 11) is 1.45. The fourth-order valence-electron chi connectivity index (χ4n) is 1.75. The number of rotatable bonds is 7. The third-order valence-electron chi connectivity index (χ3n) is 2.94. The number of carbonyl (C=O) groups is 2. The molecule has 1 amide bonds. The molecule has 0 heterocycles. The van der Waals surface area contributed by atoms with Gasteiger partial charge in [0.2, 0.25) is 0 Å². The highest BCUT2D eigenvalue weighted by Gasteiger charge is 2.22. The van der Waals surface area contributed by atoms with Gasteiger partial charge in [-0.05, 0) is 12.0 Å². The van der Waals surface area contributed by atoms with Gasteiger partial charge in [0.05, 0.1) is 5.92 Å². The van der Waals surface area contributed by atoms with E-state index >= 15 is 0 Å². The maximum atomic E-state index is 12.0. The summed E-state index contributed by atoms with van der Waals surface area (Å²) in [5.74, 6) is -1.80. The molecule has 0 aliphatic carbocycles. The Hall–Kier alpha value is -1.88. The van der Waals surface area contributed by atoms with Gasteiger partial charge in [-0.25, -0.2) is 0 Å². The van der Waals surface area contributed by atoms with E-state index in [0.29, 0.717) is 6.42 Å². The molecule has 1 aromatic carbocycles.